The van der Waals surface area contributed by atoms with Gasteiger partial charge in [-0.25, -0.2) is 0 Å². The SMILES string of the molecule is C[N+](C)(C)CC[Se].[I-]. The molecule has 51 valence electrons. The first-order valence-corrected chi connectivity index (χ1v) is 3.66. The smallest absolute Gasteiger partial charge is 1.00 e. The Kier molecular flexibility index (Phi) is 7.51. The van der Waals surface area contributed by atoms with Crippen molar-refractivity contribution in [3.05, 3.63) is 0 Å². The summed E-state index contributed by atoms with van der Waals surface area (Å²) in [5.74, 6) is 0. The molecule has 0 aliphatic carbocycles. The third kappa shape index (κ3) is 10.2. The van der Waals surface area contributed by atoms with Crippen molar-refractivity contribution in [2.75, 3.05) is 27.7 Å². The molecule has 0 aromatic rings. The summed E-state index contributed by atoms with van der Waals surface area (Å²) >= 11 is 2.98. The molecule has 0 amide bonds. The van der Waals surface area contributed by atoms with Crippen LogP contribution in [-0.2, 0) is 0 Å². The van der Waals surface area contributed by atoms with Crippen molar-refractivity contribution in [2.45, 2.75) is 5.32 Å². The minimum Gasteiger partial charge on any atom is -1.00 e. The fourth-order valence-electron chi connectivity index (χ4n) is 0.274. The summed E-state index contributed by atoms with van der Waals surface area (Å²) in [5, 5.41) is 1.16. The van der Waals surface area contributed by atoms with E-state index < -0.39 is 0 Å². The van der Waals surface area contributed by atoms with Crippen LogP contribution in [-0.4, -0.2) is 48.2 Å². The first-order chi connectivity index (χ1) is 3.06. The first kappa shape index (κ1) is 11.9. The number of halogens is 1. The minimum atomic E-state index is 0. The molecule has 0 saturated heterocycles. The van der Waals surface area contributed by atoms with Gasteiger partial charge in [0.05, 0.1) is 0 Å². The van der Waals surface area contributed by atoms with Gasteiger partial charge in [0.1, 0.15) is 0 Å². The maximum atomic E-state index is 2.98. The van der Waals surface area contributed by atoms with Crippen molar-refractivity contribution >= 4 is 16.0 Å². The zero-order valence-electron chi connectivity index (χ0n) is 5.65. The third-order valence-corrected chi connectivity index (χ3v) is 1.15. The van der Waals surface area contributed by atoms with Crippen LogP contribution in [0.15, 0.2) is 0 Å². The van der Waals surface area contributed by atoms with E-state index in [0.29, 0.717) is 0 Å². The van der Waals surface area contributed by atoms with E-state index in [0.717, 1.165) is 9.80 Å². The van der Waals surface area contributed by atoms with Crippen LogP contribution < -0.4 is 24.0 Å². The van der Waals surface area contributed by atoms with E-state index >= 15 is 0 Å². The van der Waals surface area contributed by atoms with Gasteiger partial charge in [0.2, 0.25) is 0 Å². The summed E-state index contributed by atoms with van der Waals surface area (Å²) in [6, 6.07) is 0. The van der Waals surface area contributed by atoms with E-state index in [1.54, 1.807) is 0 Å². The second-order valence-corrected chi connectivity index (χ2v) is 3.57. The Labute approximate surface area is 77.2 Å². The summed E-state index contributed by atoms with van der Waals surface area (Å²) in [6.45, 7) is 1.22. The van der Waals surface area contributed by atoms with Crippen molar-refractivity contribution in [3.63, 3.8) is 0 Å². The quantitative estimate of drug-likeness (QED) is 0.295. The Morgan fingerprint density at radius 2 is 1.62 bits per heavy atom. The number of nitrogens with zero attached hydrogens (tertiary/aromatic N) is 1. The van der Waals surface area contributed by atoms with Gasteiger partial charge in [-0.3, -0.25) is 0 Å². The summed E-state index contributed by atoms with van der Waals surface area (Å²) < 4.78 is 1.06. The van der Waals surface area contributed by atoms with E-state index in [-0.39, 0.29) is 24.0 Å². The molecule has 0 saturated carbocycles. The third-order valence-electron chi connectivity index (χ3n) is 0.762. The van der Waals surface area contributed by atoms with E-state index in [2.05, 4.69) is 37.2 Å². The normalized spacial score (nSPS) is 10.5. The number of quaternary nitrogens is 1. The van der Waals surface area contributed by atoms with Gasteiger partial charge in [-0.05, 0) is 0 Å². The van der Waals surface area contributed by atoms with Crippen molar-refractivity contribution in [1.29, 1.82) is 0 Å². The topological polar surface area (TPSA) is 0 Å². The molecule has 0 aromatic heterocycles. The molecule has 0 N–H and O–H groups in total. The summed E-state index contributed by atoms with van der Waals surface area (Å²) in [4.78, 5) is 0. The molecule has 0 fully saturated rings. The molecule has 0 aliphatic heterocycles. The average molecular weight is 293 g/mol. The van der Waals surface area contributed by atoms with Gasteiger partial charge in [0.15, 0.2) is 0 Å². The average Bonchev–Trinajstić information content (AvgIpc) is 1.30. The van der Waals surface area contributed by atoms with Crippen LogP contribution in [0.4, 0.5) is 0 Å². The molecule has 8 heavy (non-hydrogen) atoms. The summed E-state index contributed by atoms with van der Waals surface area (Å²) in [5.41, 5.74) is 0. The van der Waals surface area contributed by atoms with Crippen LogP contribution in [0, 0.1) is 0 Å². The minimum absolute atomic E-state index is 0. The van der Waals surface area contributed by atoms with Crippen molar-refractivity contribution in [1.82, 2.24) is 0 Å². The maximum Gasteiger partial charge on any atom is -1.00 e. The molecule has 0 unspecified atom stereocenters. The van der Waals surface area contributed by atoms with Gasteiger partial charge in [0.25, 0.3) is 0 Å². The second-order valence-electron chi connectivity index (χ2n) is 2.72. The van der Waals surface area contributed by atoms with E-state index in [1.165, 1.54) is 6.54 Å². The van der Waals surface area contributed by atoms with Gasteiger partial charge in [-0.2, -0.15) is 0 Å². The monoisotopic (exact) mass is 294 g/mol. The molecule has 0 aliphatic rings. The number of hydrogen-bond donors (Lipinski definition) is 0. The Hall–Kier alpha value is 1.21. The van der Waals surface area contributed by atoms with Crippen molar-refractivity contribution < 1.29 is 28.5 Å². The Morgan fingerprint density at radius 1 is 1.25 bits per heavy atom. The van der Waals surface area contributed by atoms with Crippen LogP contribution >= 0.6 is 0 Å². The molecular weight excluding hydrogens is 280 g/mol. The maximum absolute atomic E-state index is 2.98. The van der Waals surface area contributed by atoms with Crippen molar-refractivity contribution in [3.8, 4) is 0 Å². The Bertz CT molecular complexity index is 50.9. The second kappa shape index (κ2) is 5.03. The first-order valence-electron chi connectivity index (χ1n) is 2.45. The predicted octanol–water partition coefficient (Wildman–Crippen LogP) is -2.72. The van der Waals surface area contributed by atoms with Gasteiger partial charge >= 0.3 is 53.5 Å². The molecule has 3 heteroatoms. The molecule has 0 atom stereocenters. The zero-order chi connectivity index (χ0) is 5.91. The van der Waals surface area contributed by atoms with Gasteiger partial charge in [0, 0.05) is 0 Å². The van der Waals surface area contributed by atoms with Gasteiger partial charge < -0.3 is 24.0 Å². The van der Waals surface area contributed by atoms with Crippen LogP contribution in [0.5, 0.6) is 0 Å². The molecular formula is C5H13INSe. The fraction of sp³-hybridized carbons (Fsp3) is 1.00. The van der Waals surface area contributed by atoms with Crippen LogP contribution in [0.1, 0.15) is 0 Å². The summed E-state index contributed by atoms with van der Waals surface area (Å²) in [7, 11) is 6.58. The van der Waals surface area contributed by atoms with Gasteiger partial charge in [-0.1, -0.05) is 0 Å². The van der Waals surface area contributed by atoms with Crippen LogP contribution in [0.3, 0.4) is 0 Å². The number of hydrogen-bond acceptors (Lipinski definition) is 0. The molecule has 1 nitrogen and oxygen atoms in total. The molecule has 0 spiro atoms. The number of rotatable bonds is 2. The van der Waals surface area contributed by atoms with Crippen molar-refractivity contribution in [2.24, 2.45) is 0 Å². The standard InChI is InChI=1S/C5H13NSe.HI/c1-6(2,3)4-5-7;/h4-5H2,1-3H3;1H/q+1;/p-1. The predicted molar refractivity (Wildman–Crippen MR) is 33.5 cm³/mol. The molecule has 0 aromatic carbocycles. The molecule has 0 heterocycles. The van der Waals surface area contributed by atoms with Crippen LogP contribution in [0.2, 0.25) is 5.32 Å². The van der Waals surface area contributed by atoms with E-state index in [4.69, 9.17) is 0 Å². The Balaban J connectivity index is 0. The van der Waals surface area contributed by atoms with E-state index in [9.17, 15) is 0 Å². The van der Waals surface area contributed by atoms with Crippen LogP contribution in [0.25, 0.3) is 0 Å². The Morgan fingerprint density at radius 3 is 1.62 bits per heavy atom. The zero-order valence-corrected chi connectivity index (χ0v) is 9.52. The van der Waals surface area contributed by atoms with E-state index in [1.807, 2.05) is 0 Å². The summed E-state index contributed by atoms with van der Waals surface area (Å²) in [6.07, 6.45) is 0. The largest absolute Gasteiger partial charge is 1.00 e. The fourth-order valence-corrected chi connectivity index (χ4v) is 1.42. The molecule has 0 rings (SSSR count). The molecule has 1 radical (unpaired) electrons. The molecule has 0 bridgehead atoms. The van der Waals surface area contributed by atoms with Gasteiger partial charge in [-0.15, -0.1) is 0 Å².